The Bertz CT molecular complexity index is 1050. The number of amides is 1. The number of aromatic nitrogens is 2. The third-order valence-corrected chi connectivity index (χ3v) is 5.17. The number of pyridine rings is 1. The zero-order valence-electron chi connectivity index (χ0n) is 12.7. The predicted octanol–water partition coefficient (Wildman–Crippen LogP) is 5.62. The molecule has 7 heteroatoms. The van der Waals surface area contributed by atoms with Gasteiger partial charge in [-0.05, 0) is 30.3 Å². The maximum atomic E-state index is 12.4. The molecule has 4 nitrogen and oxygen atoms in total. The van der Waals surface area contributed by atoms with Crippen LogP contribution >= 0.6 is 34.5 Å². The fraction of sp³-hybridized carbons (Fsp3) is 0. The minimum Gasteiger partial charge on any atom is -0.322 e. The molecule has 4 rings (SSSR count). The Balaban J connectivity index is 1.63. The summed E-state index contributed by atoms with van der Waals surface area (Å²) in [4.78, 5) is 17.0. The standard InChI is InChI=1S/C18H11Cl2N3OS/c19-15-9-13(17(20)25-15)18(24)21-12-5-3-4-11(8-12)14-10-23-7-2-1-6-16(23)22-14/h1-10H,(H,21,24). The van der Waals surface area contributed by atoms with Gasteiger partial charge < -0.3 is 9.72 Å². The topological polar surface area (TPSA) is 46.4 Å². The summed E-state index contributed by atoms with van der Waals surface area (Å²) >= 11 is 13.1. The minimum absolute atomic E-state index is 0.291. The smallest absolute Gasteiger partial charge is 0.258 e. The van der Waals surface area contributed by atoms with Crippen LogP contribution in [0, 0.1) is 0 Å². The molecule has 0 saturated heterocycles. The summed E-state index contributed by atoms with van der Waals surface area (Å²) in [5.74, 6) is -0.291. The van der Waals surface area contributed by atoms with E-state index in [1.165, 1.54) is 11.3 Å². The molecule has 0 spiro atoms. The van der Waals surface area contributed by atoms with Crippen LogP contribution < -0.4 is 5.32 Å². The Morgan fingerprint density at radius 1 is 1.12 bits per heavy atom. The van der Waals surface area contributed by atoms with Gasteiger partial charge in [-0.3, -0.25) is 4.79 Å². The van der Waals surface area contributed by atoms with Gasteiger partial charge in [0.1, 0.15) is 9.98 Å². The minimum atomic E-state index is -0.291. The summed E-state index contributed by atoms with van der Waals surface area (Å²) < 4.78 is 2.81. The quantitative estimate of drug-likeness (QED) is 0.495. The number of nitrogens with zero attached hydrogens (tertiary/aromatic N) is 2. The van der Waals surface area contributed by atoms with E-state index < -0.39 is 0 Å². The first kappa shape index (κ1) is 16.1. The molecule has 0 aliphatic carbocycles. The van der Waals surface area contributed by atoms with Gasteiger partial charge in [0.05, 0.1) is 15.6 Å². The van der Waals surface area contributed by atoms with Crippen molar-refractivity contribution in [3.8, 4) is 11.3 Å². The number of benzene rings is 1. The molecule has 0 saturated carbocycles. The van der Waals surface area contributed by atoms with Crippen molar-refractivity contribution in [1.29, 1.82) is 0 Å². The Morgan fingerprint density at radius 3 is 2.76 bits per heavy atom. The highest BCUT2D eigenvalue weighted by molar-refractivity contribution is 7.20. The third-order valence-electron chi connectivity index (χ3n) is 3.68. The second kappa shape index (κ2) is 6.52. The van der Waals surface area contributed by atoms with Gasteiger partial charge in [0.2, 0.25) is 0 Å². The Morgan fingerprint density at radius 2 is 2.00 bits per heavy atom. The first-order chi connectivity index (χ1) is 12.1. The number of carbonyl (C=O) groups excluding carboxylic acids is 1. The normalized spacial score (nSPS) is 11.0. The second-order valence-corrected chi connectivity index (χ2v) is 7.65. The summed E-state index contributed by atoms with van der Waals surface area (Å²) in [7, 11) is 0. The van der Waals surface area contributed by atoms with Crippen molar-refractivity contribution >= 4 is 51.8 Å². The van der Waals surface area contributed by atoms with E-state index in [1.807, 2.05) is 59.3 Å². The van der Waals surface area contributed by atoms with Crippen LogP contribution in [-0.2, 0) is 0 Å². The Kier molecular flexibility index (Phi) is 4.21. The second-order valence-electron chi connectivity index (χ2n) is 5.37. The van der Waals surface area contributed by atoms with Gasteiger partial charge in [0.25, 0.3) is 5.91 Å². The molecule has 124 valence electrons. The van der Waals surface area contributed by atoms with Crippen molar-refractivity contribution in [3.63, 3.8) is 0 Å². The zero-order valence-corrected chi connectivity index (χ0v) is 15.1. The molecule has 1 N–H and O–H groups in total. The van der Waals surface area contributed by atoms with E-state index in [4.69, 9.17) is 23.2 Å². The lowest BCUT2D eigenvalue weighted by Gasteiger charge is -2.06. The first-order valence-corrected chi connectivity index (χ1v) is 8.98. The zero-order chi connectivity index (χ0) is 17.4. The number of thiophene rings is 1. The lowest BCUT2D eigenvalue weighted by Crippen LogP contribution is -2.11. The molecule has 4 aromatic rings. The first-order valence-electron chi connectivity index (χ1n) is 7.40. The Hall–Kier alpha value is -2.34. The highest BCUT2D eigenvalue weighted by atomic mass is 35.5. The van der Waals surface area contributed by atoms with E-state index in [0.717, 1.165) is 16.9 Å². The van der Waals surface area contributed by atoms with Gasteiger partial charge in [-0.15, -0.1) is 11.3 Å². The molecule has 0 fully saturated rings. The molecular weight excluding hydrogens is 377 g/mol. The van der Waals surface area contributed by atoms with Crippen LogP contribution in [0.25, 0.3) is 16.9 Å². The lowest BCUT2D eigenvalue weighted by molar-refractivity contribution is 0.102. The fourth-order valence-electron chi connectivity index (χ4n) is 2.52. The average molecular weight is 388 g/mol. The number of nitrogens with one attached hydrogen (secondary N) is 1. The number of hydrogen-bond donors (Lipinski definition) is 1. The number of carbonyl (C=O) groups is 1. The van der Waals surface area contributed by atoms with Crippen molar-refractivity contribution in [2.75, 3.05) is 5.32 Å². The van der Waals surface area contributed by atoms with Crippen LogP contribution in [0.5, 0.6) is 0 Å². The van der Waals surface area contributed by atoms with E-state index in [2.05, 4.69) is 10.3 Å². The molecule has 0 bridgehead atoms. The number of halogens is 2. The third kappa shape index (κ3) is 3.26. The maximum absolute atomic E-state index is 12.4. The summed E-state index contributed by atoms with van der Waals surface area (Å²) in [5, 5.41) is 2.85. The molecule has 0 unspecified atom stereocenters. The predicted molar refractivity (Wildman–Crippen MR) is 103 cm³/mol. The lowest BCUT2D eigenvalue weighted by atomic mass is 10.1. The highest BCUT2D eigenvalue weighted by Crippen LogP contribution is 2.32. The monoisotopic (exact) mass is 387 g/mol. The molecule has 0 aliphatic rings. The van der Waals surface area contributed by atoms with Gasteiger partial charge in [-0.25, -0.2) is 4.98 Å². The molecule has 1 amide bonds. The molecule has 0 atom stereocenters. The van der Waals surface area contributed by atoms with E-state index in [-0.39, 0.29) is 5.91 Å². The summed E-state index contributed by atoms with van der Waals surface area (Å²) in [6.07, 6.45) is 3.89. The van der Waals surface area contributed by atoms with E-state index in [9.17, 15) is 4.79 Å². The summed E-state index contributed by atoms with van der Waals surface area (Å²) in [6.45, 7) is 0. The van der Waals surface area contributed by atoms with Gasteiger partial charge in [0, 0.05) is 23.6 Å². The van der Waals surface area contributed by atoms with Crippen LogP contribution in [-0.4, -0.2) is 15.3 Å². The summed E-state index contributed by atoms with van der Waals surface area (Å²) in [5.41, 5.74) is 3.65. The fourth-order valence-corrected chi connectivity index (χ4v) is 3.98. The number of anilines is 1. The van der Waals surface area contributed by atoms with Crippen LogP contribution in [0.15, 0.2) is 60.9 Å². The van der Waals surface area contributed by atoms with Crippen LogP contribution in [0.1, 0.15) is 10.4 Å². The van der Waals surface area contributed by atoms with E-state index >= 15 is 0 Å². The van der Waals surface area contributed by atoms with Crippen molar-refractivity contribution in [1.82, 2.24) is 9.38 Å². The SMILES string of the molecule is O=C(Nc1cccc(-c2cn3ccccc3n2)c1)c1cc(Cl)sc1Cl. The number of rotatable bonds is 3. The highest BCUT2D eigenvalue weighted by Gasteiger charge is 2.15. The number of hydrogen-bond acceptors (Lipinski definition) is 3. The van der Waals surface area contributed by atoms with Crippen molar-refractivity contribution in [3.05, 3.63) is 75.2 Å². The van der Waals surface area contributed by atoms with E-state index in [0.29, 0.717) is 19.9 Å². The molecule has 25 heavy (non-hydrogen) atoms. The van der Waals surface area contributed by atoms with Crippen molar-refractivity contribution in [2.24, 2.45) is 0 Å². The number of imidazole rings is 1. The van der Waals surface area contributed by atoms with Gasteiger partial charge in [0.15, 0.2) is 0 Å². The average Bonchev–Trinajstić information content (AvgIpc) is 3.18. The maximum Gasteiger partial charge on any atom is 0.258 e. The molecule has 3 heterocycles. The van der Waals surface area contributed by atoms with Gasteiger partial charge in [-0.1, -0.05) is 41.4 Å². The molecule has 3 aromatic heterocycles. The van der Waals surface area contributed by atoms with Gasteiger partial charge in [-0.2, -0.15) is 0 Å². The molecular formula is C18H11Cl2N3OS. The van der Waals surface area contributed by atoms with Crippen LogP contribution in [0.2, 0.25) is 8.67 Å². The van der Waals surface area contributed by atoms with Crippen molar-refractivity contribution < 1.29 is 4.79 Å². The largest absolute Gasteiger partial charge is 0.322 e. The number of fused-ring (bicyclic) bond motifs is 1. The van der Waals surface area contributed by atoms with Crippen LogP contribution in [0.4, 0.5) is 5.69 Å². The Labute approximate surface area is 157 Å². The molecule has 0 aliphatic heterocycles. The molecule has 1 aromatic carbocycles. The van der Waals surface area contributed by atoms with Crippen molar-refractivity contribution in [2.45, 2.75) is 0 Å². The summed E-state index contributed by atoms with van der Waals surface area (Å²) in [6, 6.07) is 14.9. The van der Waals surface area contributed by atoms with E-state index in [1.54, 1.807) is 6.07 Å². The van der Waals surface area contributed by atoms with Crippen LogP contribution in [0.3, 0.4) is 0 Å². The molecule has 0 radical (unpaired) electrons. The van der Waals surface area contributed by atoms with Gasteiger partial charge >= 0.3 is 0 Å².